The van der Waals surface area contributed by atoms with Gasteiger partial charge in [0.25, 0.3) is 11.8 Å². The third-order valence-electron chi connectivity index (χ3n) is 5.62. The number of hydrogen-bond acceptors (Lipinski definition) is 3. The first-order valence-electron chi connectivity index (χ1n) is 10.1. The maximum atomic E-state index is 13.4. The predicted molar refractivity (Wildman–Crippen MR) is 115 cm³/mol. The zero-order valence-electron chi connectivity index (χ0n) is 15.9. The number of nitrogens with one attached hydrogen (secondary N) is 1. The van der Waals surface area contributed by atoms with E-state index in [1.165, 1.54) is 17.7 Å². The second kappa shape index (κ2) is 8.66. The van der Waals surface area contributed by atoms with Crippen molar-refractivity contribution >= 4 is 39.8 Å². The summed E-state index contributed by atoms with van der Waals surface area (Å²) in [5.74, 6) is -0.178. The molecule has 0 bridgehead atoms. The zero-order chi connectivity index (χ0) is 19.5. The lowest BCUT2D eigenvalue weighted by atomic mass is 10.0. The van der Waals surface area contributed by atoms with Crippen LogP contribution in [0.4, 0.5) is 5.00 Å². The van der Waals surface area contributed by atoms with Crippen LogP contribution in [-0.2, 0) is 12.8 Å². The first-order valence-corrected chi connectivity index (χ1v) is 11.3. The van der Waals surface area contributed by atoms with Crippen molar-refractivity contribution in [1.29, 1.82) is 0 Å². The van der Waals surface area contributed by atoms with Crippen LogP contribution >= 0.6 is 22.9 Å². The molecule has 4 rings (SSSR count). The van der Waals surface area contributed by atoms with Gasteiger partial charge in [0.05, 0.1) is 16.1 Å². The zero-order valence-corrected chi connectivity index (χ0v) is 17.5. The quantitative estimate of drug-likeness (QED) is 0.667. The van der Waals surface area contributed by atoms with Crippen LogP contribution in [0.3, 0.4) is 0 Å². The highest BCUT2D eigenvalue weighted by Crippen LogP contribution is 2.39. The van der Waals surface area contributed by atoms with Crippen LogP contribution in [-0.4, -0.2) is 29.8 Å². The third kappa shape index (κ3) is 3.96. The second-order valence-electron chi connectivity index (χ2n) is 7.56. The molecule has 1 aliphatic heterocycles. The molecule has 148 valence electrons. The van der Waals surface area contributed by atoms with Crippen LogP contribution in [0.1, 0.15) is 69.7 Å². The van der Waals surface area contributed by atoms with Gasteiger partial charge in [-0.1, -0.05) is 30.2 Å². The molecular weight excluding hydrogens is 392 g/mol. The second-order valence-corrected chi connectivity index (χ2v) is 9.07. The number of benzene rings is 1. The Bertz CT molecular complexity index is 887. The molecule has 1 aliphatic carbocycles. The maximum absolute atomic E-state index is 13.4. The lowest BCUT2D eigenvalue weighted by Crippen LogP contribution is -2.36. The number of piperidine rings is 1. The van der Waals surface area contributed by atoms with Crippen LogP contribution in [0.25, 0.3) is 0 Å². The summed E-state index contributed by atoms with van der Waals surface area (Å²) in [4.78, 5) is 29.5. The van der Waals surface area contributed by atoms with Crippen LogP contribution in [0.5, 0.6) is 0 Å². The van der Waals surface area contributed by atoms with Gasteiger partial charge in [0.15, 0.2) is 0 Å². The molecular formula is C22H25ClN2O2S. The number of anilines is 1. The highest BCUT2D eigenvalue weighted by atomic mass is 35.5. The van der Waals surface area contributed by atoms with Gasteiger partial charge in [-0.25, -0.2) is 0 Å². The average molecular weight is 417 g/mol. The van der Waals surface area contributed by atoms with Crippen molar-refractivity contribution in [2.75, 3.05) is 18.4 Å². The van der Waals surface area contributed by atoms with E-state index in [4.69, 9.17) is 11.6 Å². The molecule has 2 aliphatic rings. The fourth-order valence-corrected chi connectivity index (χ4v) is 5.63. The summed E-state index contributed by atoms with van der Waals surface area (Å²) in [5.41, 5.74) is 2.32. The molecule has 2 aromatic rings. The van der Waals surface area contributed by atoms with Gasteiger partial charge in [-0.15, -0.1) is 11.3 Å². The topological polar surface area (TPSA) is 49.4 Å². The molecule has 1 N–H and O–H groups in total. The number of hydrogen-bond donors (Lipinski definition) is 1. The van der Waals surface area contributed by atoms with Gasteiger partial charge < -0.3 is 10.2 Å². The van der Waals surface area contributed by atoms with Gasteiger partial charge in [0.1, 0.15) is 5.00 Å². The number of amides is 2. The summed E-state index contributed by atoms with van der Waals surface area (Å²) < 4.78 is 0. The lowest BCUT2D eigenvalue weighted by molar-refractivity contribution is 0.0724. The standard InChI is InChI=1S/C22H25ClN2O2S/c23-17-11-6-5-9-15(17)20(26)24-21-19(22(27)25-13-7-2-8-14-25)16-10-3-1-4-12-18(16)28-21/h5-6,9,11H,1-4,7-8,10,12-14H2,(H,24,26). The van der Waals surface area contributed by atoms with Crippen LogP contribution in [0.2, 0.25) is 5.02 Å². The van der Waals surface area contributed by atoms with Crippen molar-refractivity contribution in [3.8, 4) is 0 Å². The van der Waals surface area contributed by atoms with Crippen molar-refractivity contribution in [2.45, 2.75) is 51.4 Å². The van der Waals surface area contributed by atoms with E-state index in [2.05, 4.69) is 5.32 Å². The number of thiophene rings is 1. The Kier molecular flexibility index (Phi) is 6.02. The van der Waals surface area contributed by atoms with Gasteiger partial charge in [-0.05, 0) is 62.6 Å². The Balaban J connectivity index is 1.69. The Hall–Kier alpha value is -1.85. The lowest BCUT2D eigenvalue weighted by Gasteiger charge is -2.27. The van der Waals surface area contributed by atoms with Crippen molar-refractivity contribution in [1.82, 2.24) is 4.90 Å². The number of rotatable bonds is 3. The number of halogens is 1. The number of carbonyl (C=O) groups excluding carboxylic acids is 2. The Labute approximate surface area is 174 Å². The molecule has 1 aromatic carbocycles. The minimum absolute atomic E-state index is 0.0774. The molecule has 1 fully saturated rings. The molecule has 4 nitrogen and oxygen atoms in total. The summed E-state index contributed by atoms with van der Waals surface area (Å²) in [7, 11) is 0. The summed E-state index contributed by atoms with van der Waals surface area (Å²) in [6, 6.07) is 7.02. The molecule has 0 radical (unpaired) electrons. The van der Waals surface area contributed by atoms with E-state index in [9.17, 15) is 9.59 Å². The smallest absolute Gasteiger partial charge is 0.257 e. The van der Waals surface area contributed by atoms with Crippen molar-refractivity contribution in [3.63, 3.8) is 0 Å². The first-order chi connectivity index (χ1) is 13.6. The van der Waals surface area contributed by atoms with E-state index in [0.717, 1.165) is 62.7 Å². The number of fused-ring (bicyclic) bond motifs is 1. The average Bonchev–Trinajstić information content (AvgIpc) is 2.88. The van der Waals surface area contributed by atoms with Gasteiger partial charge in [0.2, 0.25) is 0 Å². The number of carbonyl (C=O) groups is 2. The molecule has 0 atom stereocenters. The van der Waals surface area contributed by atoms with Crippen LogP contribution < -0.4 is 5.32 Å². The molecule has 0 saturated carbocycles. The van der Waals surface area contributed by atoms with E-state index < -0.39 is 0 Å². The number of likely N-dealkylation sites (tertiary alicyclic amines) is 1. The van der Waals surface area contributed by atoms with Crippen molar-refractivity contribution < 1.29 is 9.59 Å². The summed E-state index contributed by atoms with van der Waals surface area (Å²) in [6.07, 6.45) is 8.63. The highest BCUT2D eigenvalue weighted by Gasteiger charge is 2.29. The predicted octanol–water partition coefficient (Wildman–Crippen LogP) is 5.55. The van der Waals surface area contributed by atoms with Gasteiger partial charge in [-0.2, -0.15) is 0 Å². The van der Waals surface area contributed by atoms with Gasteiger partial charge in [-0.3, -0.25) is 9.59 Å². The molecule has 6 heteroatoms. The minimum atomic E-state index is -0.255. The minimum Gasteiger partial charge on any atom is -0.339 e. The Morgan fingerprint density at radius 3 is 2.46 bits per heavy atom. The number of nitrogens with zero attached hydrogens (tertiary/aromatic N) is 1. The van der Waals surface area contributed by atoms with Crippen LogP contribution in [0, 0.1) is 0 Å². The van der Waals surface area contributed by atoms with Crippen molar-refractivity contribution in [2.24, 2.45) is 0 Å². The monoisotopic (exact) mass is 416 g/mol. The Morgan fingerprint density at radius 2 is 1.68 bits per heavy atom. The van der Waals surface area contributed by atoms with E-state index >= 15 is 0 Å². The summed E-state index contributed by atoms with van der Waals surface area (Å²) >= 11 is 7.77. The molecule has 2 amide bonds. The molecule has 1 aromatic heterocycles. The van der Waals surface area contributed by atoms with E-state index in [0.29, 0.717) is 15.6 Å². The Morgan fingerprint density at radius 1 is 0.964 bits per heavy atom. The van der Waals surface area contributed by atoms with Crippen molar-refractivity contribution in [3.05, 3.63) is 50.9 Å². The summed E-state index contributed by atoms with van der Waals surface area (Å²) in [5, 5.41) is 4.12. The van der Waals surface area contributed by atoms with E-state index in [1.807, 2.05) is 4.90 Å². The molecule has 28 heavy (non-hydrogen) atoms. The molecule has 0 spiro atoms. The first kappa shape index (κ1) is 19.5. The van der Waals surface area contributed by atoms with Gasteiger partial charge in [0, 0.05) is 18.0 Å². The van der Waals surface area contributed by atoms with Gasteiger partial charge >= 0.3 is 0 Å². The molecule has 1 saturated heterocycles. The molecule has 2 heterocycles. The fraction of sp³-hybridized carbons (Fsp3) is 0.455. The molecule has 0 unspecified atom stereocenters. The van der Waals surface area contributed by atoms with E-state index in [1.54, 1.807) is 35.6 Å². The number of aryl methyl sites for hydroxylation is 1. The SMILES string of the molecule is O=C(Nc1sc2c(c1C(=O)N1CCCCC1)CCCCC2)c1ccccc1Cl. The fourth-order valence-electron chi connectivity index (χ4n) is 4.13. The summed E-state index contributed by atoms with van der Waals surface area (Å²) in [6.45, 7) is 1.61. The highest BCUT2D eigenvalue weighted by molar-refractivity contribution is 7.17. The maximum Gasteiger partial charge on any atom is 0.257 e. The van der Waals surface area contributed by atoms with Crippen LogP contribution in [0.15, 0.2) is 24.3 Å². The normalized spacial score (nSPS) is 17.0. The largest absolute Gasteiger partial charge is 0.339 e. The third-order valence-corrected chi connectivity index (χ3v) is 7.16. The van der Waals surface area contributed by atoms with E-state index in [-0.39, 0.29) is 11.8 Å².